The van der Waals surface area contributed by atoms with Gasteiger partial charge in [0.2, 0.25) is 0 Å². The van der Waals surface area contributed by atoms with E-state index in [1.807, 2.05) is 23.9 Å². The Kier molecular flexibility index (Phi) is 5.17. The van der Waals surface area contributed by atoms with E-state index in [0.29, 0.717) is 11.4 Å². The summed E-state index contributed by atoms with van der Waals surface area (Å²) < 4.78 is 5.66. The van der Waals surface area contributed by atoms with Gasteiger partial charge in [-0.15, -0.1) is 0 Å². The molecule has 0 unspecified atom stereocenters. The third kappa shape index (κ3) is 3.82. The second-order valence-corrected chi connectivity index (χ2v) is 6.47. The van der Waals surface area contributed by atoms with E-state index in [1.54, 1.807) is 12.1 Å². The van der Waals surface area contributed by atoms with Gasteiger partial charge in [-0.1, -0.05) is 25.0 Å². The summed E-state index contributed by atoms with van der Waals surface area (Å²) in [6.45, 7) is 0.735. The van der Waals surface area contributed by atoms with E-state index in [1.165, 1.54) is 25.7 Å². The van der Waals surface area contributed by atoms with E-state index in [9.17, 15) is 4.79 Å². The number of benzene rings is 1. The molecule has 0 bridgehead atoms. The van der Waals surface area contributed by atoms with E-state index in [0.717, 1.165) is 6.54 Å². The molecule has 1 aliphatic rings. The van der Waals surface area contributed by atoms with Crippen LogP contribution >= 0.6 is 11.8 Å². The van der Waals surface area contributed by atoms with E-state index in [4.69, 9.17) is 10.5 Å². The van der Waals surface area contributed by atoms with Gasteiger partial charge in [-0.25, -0.2) is 0 Å². The summed E-state index contributed by atoms with van der Waals surface area (Å²) in [6, 6.07) is 7.20. The van der Waals surface area contributed by atoms with Crippen molar-refractivity contribution in [2.45, 2.75) is 30.4 Å². The van der Waals surface area contributed by atoms with Crippen molar-refractivity contribution in [2.75, 3.05) is 25.1 Å². The first-order chi connectivity index (χ1) is 9.65. The lowest BCUT2D eigenvalue weighted by atomic mass is 10.1. The van der Waals surface area contributed by atoms with Crippen LogP contribution < -0.4 is 15.8 Å². The van der Waals surface area contributed by atoms with Gasteiger partial charge in [-0.3, -0.25) is 4.79 Å². The van der Waals surface area contributed by atoms with Crippen LogP contribution in [0, 0.1) is 0 Å². The lowest BCUT2D eigenvalue weighted by Gasteiger charge is -2.26. The minimum absolute atomic E-state index is 0.0126. The third-order valence-electron chi connectivity index (χ3n) is 3.83. The monoisotopic (exact) mass is 294 g/mol. The highest BCUT2D eigenvalue weighted by atomic mass is 32.2. The average molecular weight is 294 g/mol. The Morgan fingerprint density at radius 3 is 2.75 bits per heavy atom. The highest BCUT2D eigenvalue weighted by Gasteiger charge is 2.33. The molecule has 4 nitrogen and oxygen atoms in total. The van der Waals surface area contributed by atoms with Crippen LogP contribution in [0.25, 0.3) is 0 Å². The van der Waals surface area contributed by atoms with Gasteiger partial charge in [0.1, 0.15) is 5.75 Å². The maximum Gasteiger partial charge on any atom is 0.257 e. The van der Waals surface area contributed by atoms with Gasteiger partial charge in [0, 0.05) is 11.3 Å². The summed E-state index contributed by atoms with van der Waals surface area (Å²) >= 11 is 1.86. The van der Waals surface area contributed by atoms with Crippen LogP contribution in [0.1, 0.15) is 25.7 Å². The van der Waals surface area contributed by atoms with Crippen LogP contribution in [-0.2, 0) is 4.79 Å². The molecule has 1 fully saturated rings. The molecule has 3 N–H and O–H groups in total. The number of amides is 1. The molecular formula is C15H22N2O2S. The average Bonchev–Trinajstić information content (AvgIpc) is 2.94. The van der Waals surface area contributed by atoms with Crippen LogP contribution in [0.15, 0.2) is 24.3 Å². The van der Waals surface area contributed by atoms with Crippen molar-refractivity contribution >= 4 is 23.4 Å². The van der Waals surface area contributed by atoms with Crippen molar-refractivity contribution in [2.24, 2.45) is 0 Å². The van der Waals surface area contributed by atoms with Crippen molar-refractivity contribution in [3.8, 4) is 5.75 Å². The quantitative estimate of drug-likeness (QED) is 0.791. The molecule has 1 amide bonds. The number of carbonyl (C=O) groups is 1. The topological polar surface area (TPSA) is 64.3 Å². The van der Waals surface area contributed by atoms with Gasteiger partial charge in [-0.2, -0.15) is 11.8 Å². The summed E-state index contributed by atoms with van der Waals surface area (Å²) in [6.07, 6.45) is 7.00. The van der Waals surface area contributed by atoms with Gasteiger partial charge >= 0.3 is 0 Å². The Morgan fingerprint density at radius 1 is 1.40 bits per heavy atom. The van der Waals surface area contributed by atoms with Crippen LogP contribution in [-0.4, -0.2) is 30.1 Å². The molecule has 0 spiro atoms. The maximum absolute atomic E-state index is 11.9. The van der Waals surface area contributed by atoms with Gasteiger partial charge in [0.25, 0.3) is 5.91 Å². The third-order valence-corrected chi connectivity index (χ3v) is 5.25. The summed E-state index contributed by atoms with van der Waals surface area (Å²) in [5, 5.41) is 2.98. The summed E-state index contributed by atoms with van der Waals surface area (Å²) in [7, 11) is 0. The summed E-state index contributed by atoms with van der Waals surface area (Å²) in [5.74, 6) is 0.469. The van der Waals surface area contributed by atoms with Gasteiger partial charge in [-0.05, 0) is 31.2 Å². The van der Waals surface area contributed by atoms with Crippen molar-refractivity contribution in [1.82, 2.24) is 5.32 Å². The lowest BCUT2D eigenvalue weighted by molar-refractivity contribution is -0.123. The molecule has 1 aromatic carbocycles. The minimum Gasteiger partial charge on any atom is -0.482 e. The van der Waals surface area contributed by atoms with E-state index < -0.39 is 0 Å². The van der Waals surface area contributed by atoms with Crippen LogP contribution in [0.5, 0.6) is 5.75 Å². The van der Waals surface area contributed by atoms with Gasteiger partial charge < -0.3 is 15.8 Å². The number of nitrogens with two attached hydrogens (primary N) is 1. The van der Waals surface area contributed by atoms with Crippen LogP contribution in [0.3, 0.4) is 0 Å². The molecular weight excluding hydrogens is 272 g/mol. The fourth-order valence-electron chi connectivity index (χ4n) is 2.54. The Morgan fingerprint density at radius 2 is 2.10 bits per heavy atom. The Bertz CT molecular complexity index is 459. The number of thioether (sulfide) groups is 1. The Balaban J connectivity index is 1.77. The standard InChI is InChI=1S/C15H22N2O2S/c1-20-15(8-4-5-9-15)11-17-14(18)10-19-13-7-3-2-6-12(13)16/h2-3,6-7H,4-5,8-11,16H2,1H3,(H,17,18). The molecule has 5 heteroatoms. The zero-order valence-electron chi connectivity index (χ0n) is 11.9. The van der Waals surface area contributed by atoms with E-state index in [-0.39, 0.29) is 17.3 Å². The van der Waals surface area contributed by atoms with Gasteiger partial charge in [0.15, 0.2) is 6.61 Å². The predicted octanol–water partition coefficient (Wildman–Crippen LogP) is 2.44. The van der Waals surface area contributed by atoms with Gasteiger partial charge in [0.05, 0.1) is 5.69 Å². The number of ether oxygens (including phenoxy) is 1. The molecule has 20 heavy (non-hydrogen) atoms. The highest BCUT2D eigenvalue weighted by molar-refractivity contribution is 8.00. The number of anilines is 1. The molecule has 2 rings (SSSR count). The number of hydrogen-bond donors (Lipinski definition) is 2. The number of hydrogen-bond acceptors (Lipinski definition) is 4. The van der Waals surface area contributed by atoms with Crippen LogP contribution in [0.4, 0.5) is 5.69 Å². The number of para-hydroxylation sites is 2. The molecule has 1 saturated carbocycles. The predicted molar refractivity (Wildman–Crippen MR) is 84.1 cm³/mol. The SMILES string of the molecule is CSC1(CNC(=O)COc2ccccc2N)CCCC1. The molecule has 0 saturated heterocycles. The molecule has 1 aromatic rings. The van der Waals surface area contributed by atoms with Crippen molar-refractivity contribution in [3.05, 3.63) is 24.3 Å². The maximum atomic E-state index is 11.9. The summed E-state index contributed by atoms with van der Waals surface area (Å²) in [4.78, 5) is 11.9. The zero-order valence-corrected chi connectivity index (χ0v) is 12.7. The Hall–Kier alpha value is -1.36. The first-order valence-corrected chi connectivity index (χ1v) is 8.17. The van der Waals surface area contributed by atoms with E-state index >= 15 is 0 Å². The number of rotatable bonds is 6. The molecule has 0 aromatic heterocycles. The van der Waals surface area contributed by atoms with Crippen molar-refractivity contribution in [3.63, 3.8) is 0 Å². The minimum atomic E-state index is -0.0893. The molecule has 1 aliphatic carbocycles. The molecule has 110 valence electrons. The Labute approximate surface area is 124 Å². The number of nitrogen functional groups attached to an aromatic ring is 1. The summed E-state index contributed by atoms with van der Waals surface area (Å²) in [5.41, 5.74) is 6.32. The second-order valence-electron chi connectivity index (χ2n) is 5.20. The first kappa shape index (κ1) is 15.0. The highest BCUT2D eigenvalue weighted by Crippen LogP contribution is 2.39. The van der Waals surface area contributed by atoms with Crippen LogP contribution in [0.2, 0.25) is 0 Å². The number of nitrogens with one attached hydrogen (secondary N) is 1. The number of carbonyl (C=O) groups excluding carboxylic acids is 1. The molecule has 0 heterocycles. The smallest absolute Gasteiger partial charge is 0.257 e. The van der Waals surface area contributed by atoms with E-state index in [2.05, 4.69) is 11.6 Å². The normalized spacial score (nSPS) is 16.9. The molecule has 0 radical (unpaired) electrons. The molecule has 0 atom stereocenters. The zero-order chi connectivity index (χ0) is 14.4. The lowest BCUT2D eigenvalue weighted by Crippen LogP contribution is -2.40. The second kappa shape index (κ2) is 6.88. The molecule has 0 aliphatic heterocycles. The first-order valence-electron chi connectivity index (χ1n) is 6.94. The van der Waals surface area contributed by atoms with Crippen molar-refractivity contribution < 1.29 is 9.53 Å². The fourth-order valence-corrected chi connectivity index (χ4v) is 3.45. The largest absolute Gasteiger partial charge is 0.482 e. The fraction of sp³-hybridized carbons (Fsp3) is 0.533. The van der Waals surface area contributed by atoms with Crippen molar-refractivity contribution in [1.29, 1.82) is 0 Å².